The fraction of sp³-hybridized carbons (Fsp3) is 0.0500. The number of fused-ring (bicyclic) bond motifs is 1. The zero-order valence-electron chi connectivity index (χ0n) is 14.1. The lowest BCUT2D eigenvalue weighted by Crippen LogP contribution is -2.13. The number of pyridine rings is 1. The van der Waals surface area contributed by atoms with Crippen LogP contribution in [0, 0.1) is 0 Å². The van der Waals surface area contributed by atoms with Crippen molar-refractivity contribution in [2.24, 2.45) is 0 Å². The van der Waals surface area contributed by atoms with Gasteiger partial charge in [0.15, 0.2) is 0 Å². The van der Waals surface area contributed by atoms with Crippen molar-refractivity contribution in [3.05, 3.63) is 82.8 Å². The lowest BCUT2D eigenvalue weighted by atomic mass is 10.1. The number of hydrogen-bond acceptors (Lipinski definition) is 5. The SMILES string of the molecule is O=c1oc(-c2cccnc2Oc2ccccc2)nc2cccc(C(F)(F)F)c12. The molecule has 4 aromatic rings. The number of para-hydroxylation sites is 1. The minimum Gasteiger partial charge on any atom is -0.438 e. The minimum absolute atomic E-state index is 0.107. The van der Waals surface area contributed by atoms with E-state index in [1.54, 1.807) is 36.4 Å². The molecule has 28 heavy (non-hydrogen) atoms. The Bertz CT molecular complexity index is 1200. The summed E-state index contributed by atoms with van der Waals surface area (Å²) >= 11 is 0. The van der Waals surface area contributed by atoms with Gasteiger partial charge in [-0.15, -0.1) is 0 Å². The van der Waals surface area contributed by atoms with E-state index in [4.69, 9.17) is 9.15 Å². The fourth-order valence-electron chi connectivity index (χ4n) is 2.71. The molecule has 0 radical (unpaired) electrons. The van der Waals surface area contributed by atoms with Gasteiger partial charge in [0.1, 0.15) is 5.75 Å². The maximum absolute atomic E-state index is 13.2. The Morgan fingerprint density at radius 3 is 2.46 bits per heavy atom. The van der Waals surface area contributed by atoms with Crippen molar-refractivity contribution in [2.45, 2.75) is 6.18 Å². The fourth-order valence-corrected chi connectivity index (χ4v) is 2.71. The molecule has 0 unspecified atom stereocenters. The van der Waals surface area contributed by atoms with Crippen LogP contribution >= 0.6 is 0 Å². The molecular formula is C20H11F3N2O3. The Labute approximate surface area is 156 Å². The van der Waals surface area contributed by atoms with Crippen LogP contribution in [0.1, 0.15) is 5.56 Å². The molecule has 2 aromatic heterocycles. The van der Waals surface area contributed by atoms with Crippen LogP contribution < -0.4 is 10.4 Å². The predicted octanol–water partition coefficient (Wildman–Crippen LogP) is 5.06. The number of benzene rings is 2. The second kappa shape index (κ2) is 6.80. The van der Waals surface area contributed by atoms with E-state index in [0.717, 1.165) is 6.07 Å². The second-order valence-corrected chi connectivity index (χ2v) is 5.78. The molecule has 8 heteroatoms. The van der Waals surface area contributed by atoms with Crippen LogP contribution in [0.25, 0.3) is 22.4 Å². The standard InChI is InChI=1S/C20H11F3N2O3/c21-20(22,23)14-9-4-10-15-16(14)19(26)28-18(25-15)13-8-5-11-24-17(13)27-12-6-2-1-3-7-12/h1-11H. The van der Waals surface area contributed by atoms with Gasteiger partial charge < -0.3 is 9.15 Å². The lowest BCUT2D eigenvalue weighted by molar-refractivity contribution is -0.136. The van der Waals surface area contributed by atoms with Crippen molar-refractivity contribution in [1.82, 2.24) is 9.97 Å². The van der Waals surface area contributed by atoms with E-state index in [9.17, 15) is 18.0 Å². The van der Waals surface area contributed by atoms with Crippen LogP contribution in [0.2, 0.25) is 0 Å². The molecule has 0 fully saturated rings. The Kier molecular flexibility index (Phi) is 4.31. The van der Waals surface area contributed by atoms with Crippen molar-refractivity contribution in [1.29, 1.82) is 0 Å². The minimum atomic E-state index is -4.70. The molecule has 0 atom stereocenters. The second-order valence-electron chi connectivity index (χ2n) is 5.78. The Hall–Kier alpha value is -3.68. The molecule has 140 valence electrons. The van der Waals surface area contributed by atoms with Gasteiger partial charge in [-0.05, 0) is 36.4 Å². The zero-order chi connectivity index (χ0) is 19.7. The summed E-state index contributed by atoms with van der Waals surface area (Å²) in [6.07, 6.45) is -3.23. The maximum atomic E-state index is 13.2. The topological polar surface area (TPSA) is 65.2 Å². The van der Waals surface area contributed by atoms with Crippen molar-refractivity contribution < 1.29 is 22.3 Å². The number of halogens is 3. The first-order chi connectivity index (χ1) is 13.4. The van der Waals surface area contributed by atoms with Crippen LogP contribution in [-0.4, -0.2) is 9.97 Å². The molecule has 0 aliphatic rings. The average molecular weight is 384 g/mol. The van der Waals surface area contributed by atoms with E-state index in [-0.39, 0.29) is 22.9 Å². The lowest BCUT2D eigenvalue weighted by Gasteiger charge is -2.11. The van der Waals surface area contributed by atoms with Crippen LogP contribution in [0.3, 0.4) is 0 Å². The first kappa shape index (κ1) is 17.7. The Morgan fingerprint density at radius 2 is 1.71 bits per heavy atom. The highest BCUT2D eigenvalue weighted by molar-refractivity contribution is 5.83. The molecular weight excluding hydrogens is 373 g/mol. The van der Waals surface area contributed by atoms with Gasteiger partial charge in [0.05, 0.1) is 22.0 Å². The molecule has 0 aliphatic carbocycles. The van der Waals surface area contributed by atoms with E-state index in [1.807, 2.05) is 6.07 Å². The van der Waals surface area contributed by atoms with E-state index >= 15 is 0 Å². The van der Waals surface area contributed by atoms with Gasteiger partial charge in [0.2, 0.25) is 11.8 Å². The monoisotopic (exact) mass is 384 g/mol. The predicted molar refractivity (Wildman–Crippen MR) is 95.0 cm³/mol. The third kappa shape index (κ3) is 3.32. The zero-order valence-corrected chi connectivity index (χ0v) is 14.1. The molecule has 0 N–H and O–H groups in total. The number of aromatic nitrogens is 2. The van der Waals surface area contributed by atoms with Crippen molar-refractivity contribution in [3.8, 4) is 23.1 Å². The van der Waals surface area contributed by atoms with Crippen LogP contribution in [0.4, 0.5) is 13.2 Å². The highest BCUT2D eigenvalue weighted by atomic mass is 19.4. The highest BCUT2D eigenvalue weighted by Gasteiger charge is 2.34. The van der Waals surface area contributed by atoms with Gasteiger partial charge >= 0.3 is 11.8 Å². The van der Waals surface area contributed by atoms with Gasteiger partial charge in [0.25, 0.3) is 0 Å². The Morgan fingerprint density at radius 1 is 0.929 bits per heavy atom. The van der Waals surface area contributed by atoms with Crippen LogP contribution in [0.15, 0.2) is 76.1 Å². The van der Waals surface area contributed by atoms with Gasteiger partial charge in [-0.2, -0.15) is 13.2 Å². The highest BCUT2D eigenvalue weighted by Crippen LogP contribution is 2.34. The van der Waals surface area contributed by atoms with Crippen molar-refractivity contribution >= 4 is 10.9 Å². The van der Waals surface area contributed by atoms with Gasteiger partial charge in [-0.1, -0.05) is 24.3 Å². The van der Waals surface area contributed by atoms with E-state index in [0.29, 0.717) is 5.75 Å². The van der Waals surface area contributed by atoms with Crippen LogP contribution in [0.5, 0.6) is 11.6 Å². The molecule has 5 nitrogen and oxygen atoms in total. The first-order valence-electron chi connectivity index (χ1n) is 8.13. The number of hydrogen-bond donors (Lipinski definition) is 0. The molecule has 0 saturated carbocycles. The normalized spacial score (nSPS) is 11.5. The van der Waals surface area contributed by atoms with Crippen molar-refractivity contribution in [2.75, 3.05) is 0 Å². The van der Waals surface area contributed by atoms with E-state index in [1.165, 1.54) is 18.3 Å². The molecule has 0 bridgehead atoms. The molecule has 4 rings (SSSR count). The smallest absolute Gasteiger partial charge is 0.417 e. The summed E-state index contributed by atoms with van der Waals surface area (Å²) < 4.78 is 50.4. The summed E-state index contributed by atoms with van der Waals surface area (Å²) in [5, 5.41) is -0.617. The number of ether oxygens (including phenoxy) is 1. The quantitative estimate of drug-likeness (QED) is 0.494. The third-order valence-electron chi connectivity index (χ3n) is 3.92. The summed E-state index contributed by atoms with van der Waals surface area (Å²) in [5.41, 5.74) is -2.12. The third-order valence-corrected chi connectivity index (χ3v) is 3.92. The largest absolute Gasteiger partial charge is 0.438 e. The maximum Gasteiger partial charge on any atom is 0.417 e. The van der Waals surface area contributed by atoms with E-state index in [2.05, 4.69) is 9.97 Å². The Balaban J connectivity index is 1.86. The molecule has 2 heterocycles. The summed E-state index contributed by atoms with van der Waals surface area (Å²) in [5.74, 6) is 0.413. The molecule has 0 aliphatic heterocycles. The summed E-state index contributed by atoms with van der Waals surface area (Å²) in [6.45, 7) is 0. The van der Waals surface area contributed by atoms with Gasteiger partial charge in [-0.25, -0.2) is 14.8 Å². The molecule has 0 amide bonds. The van der Waals surface area contributed by atoms with Crippen molar-refractivity contribution in [3.63, 3.8) is 0 Å². The molecule has 0 saturated heterocycles. The summed E-state index contributed by atoms with van der Waals surface area (Å²) in [6, 6.07) is 15.2. The van der Waals surface area contributed by atoms with Gasteiger partial charge in [-0.3, -0.25) is 0 Å². The summed E-state index contributed by atoms with van der Waals surface area (Å²) in [4.78, 5) is 20.6. The molecule has 2 aromatic carbocycles. The van der Waals surface area contributed by atoms with E-state index < -0.39 is 22.8 Å². The first-order valence-corrected chi connectivity index (χ1v) is 8.13. The number of alkyl halides is 3. The number of rotatable bonds is 3. The summed E-state index contributed by atoms with van der Waals surface area (Å²) in [7, 11) is 0. The number of nitrogens with zero attached hydrogens (tertiary/aromatic N) is 2. The average Bonchev–Trinajstić information content (AvgIpc) is 2.68. The van der Waals surface area contributed by atoms with Gasteiger partial charge in [0, 0.05) is 6.20 Å². The molecule has 0 spiro atoms. The van der Waals surface area contributed by atoms with Crippen LogP contribution in [-0.2, 0) is 6.18 Å².